The molecule has 1 atom stereocenters. The average molecular weight is 281 g/mol. The van der Waals surface area contributed by atoms with Crippen LogP contribution in [0.15, 0.2) is 47.4 Å². The van der Waals surface area contributed by atoms with Gasteiger partial charge in [0.1, 0.15) is 5.82 Å². The highest BCUT2D eigenvalue weighted by Crippen LogP contribution is 2.42. The fraction of sp³-hybridized carbons (Fsp3) is 0.188. The Morgan fingerprint density at radius 2 is 2.15 bits per heavy atom. The van der Waals surface area contributed by atoms with Crippen LogP contribution in [0.4, 0.5) is 0 Å². The van der Waals surface area contributed by atoms with E-state index >= 15 is 0 Å². The van der Waals surface area contributed by atoms with Gasteiger partial charge in [-0.25, -0.2) is 4.98 Å². The standard InChI is InChI=1S/C16H15N3S/c17-8-10-5-6-13-14(7-10)19-16(18-13)12-9-20-15-4-2-1-3-11(12)15/h1-7,12H,8-9,17H2,(H,18,19). The van der Waals surface area contributed by atoms with Crippen LogP contribution in [-0.4, -0.2) is 15.7 Å². The van der Waals surface area contributed by atoms with Crippen LogP contribution in [0.5, 0.6) is 0 Å². The topological polar surface area (TPSA) is 54.7 Å². The van der Waals surface area contributed by atoms with Gasteiger partial charge in [0.25, 0.3) is 0 Å². The minimum absolute atomic E-state index is 0.366. The molecule has 3 aromatic rings. The first-order valence-corrected chi connectivity index (χ1v) is 7.74. The number of rotatable bonds is 2. The largest absolute Gasteiger partial charge is 0.341 e. The summed E-state index contributed by atoms with van der Waals surface area (Å²) in [5.41, 5.74) is 10.3. The molecular weight excluding hydrogens is 266 g/mol. The van der Waals surface area contributed by atoms with Gasteiger partial charge in [0.15, 0.2) is 0 Å². The Labute approximate surface area is 121 Å². The first-order valence-electron chi connectivity index (χ1n) is 6.75. The second kappa shape index (κ2) is 4.65. The molecule has 4 heteroatoms. The van der Waals surface area contributed by atoms with E-state index in [1.807, 2.05) is 23.9 Å². The monoisotopic (exact) mass is 281 g/mol. The van der Waals surface area contributed by atoms with Crippen LogP contribution < -0.4 is 5.73 Å². The minimum Gasteiger partial charge on any atom is -0.341 e. The molecule has 0 fully saturated rings. The summed E-state index contributed by atoms with van der Waals surface area (Å²) >= 11 is 1.91. The lowest BCUT2D eigenvalue weighted by Crippen LogP contribution is -2.01. The van der Waals surface area contributed by atoms with Gasteiger partial charge in [-0.05, 0) is 29.3 Å². The minimum atomic E-state index is 0.366. The van der Waals surface area contributed by atoms with Crippen LogP contribution in [0.25, 0.3) is 11.0 Å². The third-order valence-corrected chi connectivity index (χ3v) is 5.01. The number of aromatic nitrogens is 2. The van der Waals surface area contributed by atoms with Gasteiger partial charge in [0.2, 0.25) is 0 Å². The highest BCUT2D eigenvalue weighted by atomic mass is 32.2. The number of nitrogens with zero attached hydrogens (tertiary/aromatic N) is 1. The molecular formula is C16H15N3S. The van der Waals surface area contributed by atoms with Gasteiger partial charge in [-0.2, -0.15) is 0 Å². The number of aromatic amines is 1. The van der Waals surface area contributed by atoms with E-state index in [-0.39, 0.29) is 0 Å². The molecule has 0 bridgehead atoms. The summed E-state index contributed by atoms with van der Waals surface area (Å²) in [6, 6.07) is 14.8. The zero-order chi connectivity index (χ0) is 13.5. The van der Waals surface area contributed by atoms with Crippen molar-refractivity contribution in [2.24, 2.45) is 5.73 Å². The summed E-state index contributed by atoms with van der Waals surface area (Å²) in [5.74, 6) is 2.49. The van der Waals surface area contributed by atoms with Crippen molar-refractivity contribution in [1.29, 1.82) is 0 Å². The van der Waals surface area contributed by atoms with E-state index < -0.39 is 0 Å². The van der Waals surface area contributed by atoms with Crippen molar-refractivity contribution < 1.29 is 0 Å². The number of benzene rings is 2. The molecule has 2 aromatic carbocycles. The maximum atomic E-state index is 5.70. The van der Waals surface area contributed by atoms with Crippen molar-refractivity contribution in [2.45, 2.75) is 17.4 Å². The van der Waals surface area contributed by atoms with E-state index in [4.69, 9.17) is 10.7 Å². The Kier molecular flexibility index (Phi) is 2.79. The lowest BCUT2D eigenvalue weighted by molar-refractivity contribution is 0.859. The Balaban J connectivity index is 1.80. The number of fused-ring (bicyclic) bond motifs is 2. The quantitative estimate of drug-likeness (QED) is 0.758. The first-order chi connectivity index (χ1) is 9.85. The lowest BCUT2D eigenvalue weighted by Gasteiger charge is -2.06. The third kappa shape index (κ3) is 1.84. The molecule has 0 spiro atoms. The molecule has 3 N–H and O–H groups in total. The van der Waals surface area contributed by atoms with Crippen LogP contribution in [0, 0.1) is 0 Å². The van der Waals surface area contributed by atoms with Gasteiger partial charge in [0.05, 0.1) is 17.0 Å². The smallest absolute Gasteiger partial charge is 0.115 e. The maximum Gasteiger partial charge on any atom is 0.115 e. The van der Waals surface area contributed by atoms with Gasteiger partial charge in [0, 0.05) is 17.2 Å². The van der Waals surface area contributed by atoms with E-state index in [1.54, 1.807) is 0 Å². The molecule has 3 nitrogen and oxygen atoms in total. The van der Waals surface area contributed by atoms with Crippen molar-refractivity contribution in [1.82, 2.24) is 9.97 Å². The van der Waals surface area contributed by atoms with Crippen LogP contribution >= 0.6 is 11.8 Å². The van der Waals surface area contributed by atoms with Gasteiger partial charge in [-0.3, -0.25) is 0 Å². The number of imidazole rings is 1. The van der Waals surface area contributed by atoms with Gasteiger partial charge < -0.3 is 10.7 Å². The van der Waals surface area contributed by atoms with Crippen LogP contribution in [-0.2, 0) is 6.54 Å². The zero-order valence-electron chi connectivity index (χ0n) is 11.0. The average Bonchev–Trinajstić information content (AvgIpc) is 3.09. The summed E-state index contributed by atoms with van der Waals surface area (Å²) < 4.78 is 0. The van der Waals surface area contributed by atoms with Crippen molar-refractivity contribution in [3.05, 3.63) is 59.4 Å². The highest BCUT2D eigenvalue weighted by Gasteiger charge is 2.26. The molecule has 1 aliphatic heterocycles. The van der Waals surface area contributed by atoms with E-state index in [2.05, 4.69) is 35.3 Å². The molecule has 100 valence electrons. The summed E-state index contributed by atoms with van der Waals surface area (Å²) in [5, 5.41) is 0. The Morgan fingerprint density at radius 3 is 3.05 bits per heavy atom. The van der Waals surface area contributed by atoms with Crippen molar-refractivity contribution >= 4 is 22.8 Å². The van der Waals surface area contributed by atoms with Crippen LogP contribution in [0.3, 0.4) is 0 Å². The number of hydrogen-bond donors (Lipinski definition) is 2. The summed E-state index contributed by atoms with van der Waals surface area (Å²) in [6.45, 7) is 0.562. The molecule has 1 aliphatic rings. The van der Waals surface area contributed by atoms with E-state index in [0.717, 1.165) is 28.2 Å². The summed E-state index contributed by atoms with van der Waals surface area (Å²) in [7, 11) is 0. The van der Waals surface area contributed by atoms with Crippen molar-refractivity contribution in [3.8, 4) is 0 Å². The molecule has 0 saturated heterocycles. The lowest BCUT2D eigenvalue weighted by atomic mass is 10.0. The van der Waals surface area contributed by atoms with Crippen molar-refractivity contribution in [2.75, 3.05) is 5.75 Å². The van der Waals surface area contributed by atoms with E-state index in [9.17, 15) is 0 Å². The number of thioether (sulfide) groups is 1. The van der Waals surface area contributed by atoms with Crippen molar-refractivity contribution in [3.63, 3.8) is 0 Å². The Bertz CT molecular complexity index is 778. The third-order valence-electron chi connectivity index (χ3n) is 3.83. The van der Waals surface area contributed by atoms with Gasteiger partial charge in [-0.15, -0.1) is 11.8 Å². The van der Waals surface area contributed by atoms with Crippen LogP contribution in [0.1, 0.15) is 22.9 Å². The molecule has 1 aromatic heterocycles. The molecule has 20 heavy (non-hydrogen) atoms. The highest BCUT2D eigenvalue weighted by molar-refractivity contribution is 7.99. The molecule has 2 heterocycles. The number of H-pyrrole nitrogens is 1. The second-order valence-corrected chi connectivity index (χ2v) is 6.14. The van der Waals surface area contributed by atoms with Gasteiger partial charge >= 0.3 is 0 Å². The zero-order valence-corrected chi connectivity index (χ0v) is 11.8. The second-order valence-electron chi connectivity index (χ2n) is 5.08. The number of nitrogens with two attached hydrogens (primary N) is 1. The predicted octanol–water partition coefficient (Wildman–Crippen LogP) is 3.26. The molecule has 1 unspecified atom stereocenters. The van der Waals surface area contributed by atoms with E-state index in [0.29, 0.717) is 12.5 Å². The van der Waals surface area contributed by atoms with Crippen LogP contribution in [0.2, 0.25) is 0 Å². The number of hydrogen-bond acceptors (Lipinski definition) is 3. The summed E-state index contributed by atoms with van der Waals surface area (Å²) in [6.07, 6.45) is 0. The fourth-order valence-electron chi connectivity index (χ4n) is 2.76. The number of nitrogens with one attached hydrogen (secondary N) is 1. The molecule has 0 amide bonds. The molecule has 0 radical (unpaired) electrons. The van der Waals surface area contributed by atoms with E-state index in [1.165, 1.54) is 10.5 Å². The Hall–Kier alpha value is -1.78. The molecule has 4 rings (SSSR count). The Morgan fingerprint density at radius 1 is 1.25 bits per heavy atom. The molecule has 0 saturated carbocycles. The predicted molar refractivity (Wildman–Crippen MR) is 83.0 cm³/mol. The first kappa shape index (κ1) is 12.0. The normalized spacial score (nSPS) is 17.6. The van der Waals surface area contributed by atoms with Gasteiger partial charge in [-0.1, -0.05) is 24.3 Å². The molecule has 0 aliphatic carbocycles. The SMILES string of the molecule is NCc1ccc2nc(C3CSc4ccccc43)[nH]c2c1. The summed E-state index contributed by atoms with van der Waals surface area (Å²) in [4.78, 5) is 9.61. The fourth-order valence-corrected chi connectivity index (χ4v) is 3.99. The maximum absolute atomic E-state index is 5.70.